The number of anilines is 1. The third kappa shape index (κ3) is 4.00. The number of carbonyl (C=O) groups is 1. The van der Waals surface area contributed by atoms with E-state index in [4.69, 9.17) is 0 Å². The lowest BCUT2D eigenvalue weighted by Crippen LogP contribution is -2.31. The maximum atomic E-state index is 13.0. The number of carbonyl (C=O) groups excluding carboxylic acids is 1. The molecule has 1 saturated carbocycles. The molecule has 2 N–H and O–H groups in total. The SMILES string of the molecule is CNCc1ccc(NC(=O)C2CCC(F)(F)CC2)cc1. The summed E-state index contributed by atoms with van der Waals surface area (Å²) in [4.78, 5) is 12.0. The summed E-state index contributed by atoms with van der Waals surface area (Å²) in [6.07, 6.45) is 0.145. The predicted molar refractivity (Wildman–Crippen MR) is 74.7 cm³/mol. The van der Waals surface area contributed by atoms with Gasteiger partial charge in [-0.3, -0.25) is 4.79 Å². The molecule has 3 nitrogen and oxygen atoms in total. The van der Waals surface area contributed by atoms with Gasteiger partial charge in [0.2, 0.25) is 11.8 Å². The van der Waals surface area contributed by atoms with Crippen LogP contribution >= 0.6 is 0 Å². The summed E-state index contributed by atoms with van der Waals surface area (Å²) in [5.41, 5.74) is 1.84. The van der Waals surface area contributed by atoms with E-state index in [0.29, 0.717) is 5.69 Å². The van der Waals surface area contributed by atoms with Crippen molar-refractivity contribution < 1.29 is 13.6 Å². The van der Waals surface area contributed by atoms with E-state index in [1.54, 1.807) is 0 Å². The molecule has 0 radical (unpaired) electrons. The van der Waals surface area contributed by atoms with Gasteiger partial charge in [-0.25, -0.2) is 8.78 Å². The Morgan fingerprint density at radius 2 is 1.85 bits per heavy atom. The standard InChI is InChI=1S/C15H20F2N2O/c1-18-10-11-2-4-13(5-3-11)19-14(20)12-6-8-15(16,17)9-7-12/h2-5,12,18H,6-10H2,1H3,(H,19,20). The van der Waals surface area contributed by atoms with Crippen molar-refractivity contribution in [3.05, 3.63) is 29.8 Å². The van der Waals surface area contributed by atoms with E-state index in [0.717, 1.165) is 12.1 Å². The van der Waals surface area contributed by atoms with Crippen molar-refractivity contribution in [2.24, 2.45) is 5.92 Å². The average Bonchev–Trinajstić information content (AvgIpc) is 2.41. The van der Waals surface area contributed by atoms with E-state index in [9.17, 15) is 13.6 Å². The minimum atomic E-state index is -2.59. The Morgan fingerprint density at radius 3 is 2.40 bits per heavy atom. The molecule has 0 aromatic heterocycles. The quantitative estimate of drug-likeness (QED) is 0.890. The second-order valence-corrected chi connectivity index (χ2v) is 5.35. The summed E-state index contributed by atoms with van der Waals surface area (Å²) < 4.78 is 26.1. The number of hydrogen-bond donors (Lipinski definition) is 2. The van der Waals surface area contributed by atoms with E-state index < -0.39 is 5.92 Å². The smallest absolute Gasteiger partial charge is 0.248 e. The van der Waals surface area contributed by atoms with Crippen LogP contribution in [0.2, 0.25) is 0 Å². The number of hydrogen-bond acceptors (Lipinski definition) is 2. The first-order valence-electron chi connectivity index (χ1n) is 6.92. The molecule has 2 rings (SSSR count). The number of rotatable bonds is 4. The highest BCUT2D eigenvalue weighted by Crippen LogP contribution is 2.36. The molecule has 1 aromatic carbocycles. The normalized spacial score (nSPS) is 18.8. The lowest BCUT2D eigenvalue weighted by Gasteiger charge is -2.27. The van der Waals surface area contributed by atoms with Crippen LogP contribution in [0.5, 0.6) is 0 Å². The molecule has 1 aliphatic rings. The van der Waals surface area contributed by atoms with Crippen molar-refractivity contribution in [1.82, 2.24) is 5.32 Å². The van der Waals surface area contributed by atoms with Crippen LogP contribution in [0, 0.1) is 5.92 Å². The van der Waals surface area contributed by atoms with Crippen molar-refractivity contribution >= 4 is 11.6 Å². The molecule has 1 amide bonds. The average molecular weight is 282 g/mol. The molecular formula is C15H20F2N2O. The molecule has 1 fully saturated rings. The first kappa shape index (κ1) is 14.9. The molecule has 5 heteroatoms. The maximum Gasteiger partial charge on any atom is 0.248 e. The van der Waals surface area contributed by atoms with E-state index in [2.05, 4.69) is 10.6 Å². The topological polar surface area (TPSA) is 41.1 Å². The lowest BCUT2D eigenvalue weighted by molar-refractivity contribution is -0.124. The molecule has 0 bridgehead atoms. The maximum absolute atomic E-state index is 13.0. The zero-order chi connectivity index (χ0) is 14.6. The number of amides is 1. The molecule has 0 unspecified atom stereocenters. The molecule has 0 spiro atoms. The summed E-state index contributed by atoms with van der Waals surface area (Å²) in [6.45, 7) is 0.770. The predicted octanol–water partition coefficient (Wildman–Crippen LogP) is 3.17. The highest BCUT2D eigenvalue weighted by molar-refractivity contribution is 5.92. The Morgan fingerprint density at radius 1 is 1.25 bits per heavy atom. The largest absolute Gasteiger partial charge is 0.326 e. The van der Waals surface area contributed by atoms with Crippen LogP contribution in [0.15, 0.2) is 24.3 Å². The van der Waals surface area contributed by atoms with Crippen molar-refractivity contribution in [3.8, 4) is 0 Å². The summed E-state index contributed by atoms with van der Waals surface area (Å²) in [5.74, 6) is -3.04. The second kappa shape index (κ2) is 6.31. The fourth-order valence-corrected chi connectivity index (χ4v) is 2.46. The summed E-state index contributed by atoms with van der Waals surface area (Å²) in [5, 5.41) is 5.85. The lowest BCUT2D eigenvalue weighted by atomic mass is 9.86. The Hall–Kier alpha value is -1.49. The Bertz CT molecular complexity index is 449. The van der Waals surface area contributed by atoms with Crippen molar-refractivity contribution in [3.63, 3.8) is 0 Å². The van der Waals surface area contributed by atoms with Crippen LogP contribution in [-0.2, 0) is 11.3 Å². The number of halogens is 2. The number of benzene rings is 1. The van der Waals surface area contributed by atoms with Gasteiger partial charge in [0.25, 0.3) is 0 Å². The molecule has 0 aliphatic heterocycles. The summed E-state index contributed by atoms with van der Waals surface area (Å²) >= 11 is 0. The van der Waals surface area contributed by atoms with Crippen LogP contribution < -0.4 is 10.6 Å². The third-order valence-electron chi connectivity index (χ3n) is 3.69. The van der Waals surface area contributed by atoms with Crippen LogP contribution in [0.3, 0.4) is 0 Å². The molecule has 1 aliphatic carbocycles. The van der Waals surface area contributed by atoms with Crippen molar-refractivity contribution in [2.45, 2.75) is 38.2 Å². The van der Waals surface area contributed by atoms with Gasteiger partial charge in [0.05, 0.1) is 0 Å². The highest BCUT2D eigenvalue weighted by atomic mass is 19.3. The molecule has 110 valence electrons. The molecule has 0 atom stereocenters. The molecular weight excluding hydrogens is 262 g/mol. The van der Waals surface area contributed by atoms with Gasteiger partial charge in [0, 0.05) is 31.0 Å². The minimum Gasteiger partial charge on any atom is -0.326 e. The molecule has 20 heavy (non-hydrogen) atoms. The van der Waals surface area contributed by atoms with Gasteiger partial charge in [-0.1, -0.05) is 12.1 Å². The summed E-state index contributed by atoms with van der Waals surface area (Å²) in [6, 6.07) is 7.53. The molecule has 0 saturated heterocycles. The Kier molecular flexibility index (Phi) is 4.70. The van der Waals surface area contributed by atoms with E-state index >= 15 is 0 Å². The van der Waals surface area contributed by atoms with Crippen molar-refractivity contribution in [1.29, 1.82) is 0 Å². The first-order chi connectivity index (χ1) is 9.50. The fourth-order valence-electron chi connectivity index (χ4n) is 2.46. The zero-order valence-corrected chi connectivity index (χ0v) is 11.6. The molecule has 1 aromatic rings. The molecule has 0 heterocycles. The van der Waals surface area contributed by atoms with Gasteiger partial charge >= 0.3 is 0 Å². The fraction of sp³-hybridized carbons (Fsp3) is 0.533. The monoisotopic (exact) mass is 282 g/mol. The van der Waals surface area contributed by atoms with Crippen molar-refractivity contribution in [2.75, 3.05) is 12.4 Å². The zero-order valence-electron chi connectivity index (χ0n) is 11.6. The Balaban J connectivity index is 1.88. The van der Waals surface area contributed by atoms with E-state index in [-0.39, 0.29) is 37.5 Å². The van der Waals surface area contributed by atoms with Crippen LogP contribution in [0.1, 0.15) is 31.2 Å². The van der Waals surface area contributed by atoms with Gasteiger partial charge in [-0.05, 0) is 37.6 Å². The third-order valence-corrected chi connectivity index (χ3v) is 3.69. The Labute approximate surface area is 117 Å². The van der Waals surface area contributed by atoms with Gasteiger partial charge in [-0.15, -0.1) is 0 Å². The number of alkyl halides is 2. The minimum absolute atomic E-state index is 0.151. The number of nitrogens with one attached hydrogen (secondary N) is 2. The second-order valence-electron chi connectivity index (χ2n) is 5.35. The van der Waals surface area contributed by atoms with Gasteiger partial charge in [-0.2, -0.15) is 0 Å². The summed E-state index contributed by atoms with van der Waals surface area (Å²) in [7, 11) is 1.87. The van der Waals surface area contributed by atoms with Crippen LogP contribution in [0.25, 0.3) is 0 Å². The highest BCUT2D eigenvalue weighted by Gasteiger charge is 2.37. The first-order valence-corrected chi connectivity index (χ1v) is 6.92. The van der Waals surface area contributed by atoms with Gasteiger partial charge < -0.3 is 10.6 Å². The van der Waals surface area contributed by atoms with E-state index in [1.807, 2.05) is 31.3 Å². The van der Waals surface area contributed by atoms with Gasteiger partial charge in [0.15, 0.2) is 0 Å². The van der Waals surface area contributed by atoms with E-state index in [1.165, 1.54) is 0 Å². The van der Waals surface area contributed by atoms with Crippen LogP contribution in [0.4, 0.5) is 14.5 Å². The van der Waals surface area contributed by atoms with Crippen LogP contribution in [-0.4, -0.2) is 18.9 Å². The van der Waals surface area contributed by atoms with Gasteiger partial charge in [0.1, 0.15) is 0 Å².